The fourth-order valence-electron chi connectivity index (χ4n) is 3.59. The number of sulfonamides is 1. The van der Waals surface area contributed by atoms with Gasteiger partial charge in [-0.05, 0) is 54.7 Å². The average molecular weight is 513 g/mol. The lowest BCUT2D eigenvalue weighted by atomic mass is 9.84. The molecule has 0 aliphatic heterocycles. The summed E-state index contributed by atoms with van der Waals surface area (Å²) in [5, 5.41) is 1.77. The molecule has 168 valence electrons. The average Bonchev–Trinajstić information content (AvgIpc) is 3.26. The first-order valence-electron chi connectivity index (χ1n) is 9.82. The monoisotopic (exact) mass is 512 g/mol. The zero-order chi connectivity index (χ0) is 22.7. The Hall–Kier alpha value is -2.13. The van der Waals surface area contributed by atoms with Crippen LogP contribution >= 0.6 is 34.5 Å². The fraction of sp³-hybridized carbons (Fsp3) is 0.227. The molecule has 32 heavy (non-hydrogen) atoms. The molecule has 0 radical (unpaired) electrons. The summed E-state index contributed by atoms with van der Waals surface area (Å²) in [6.45, 7) is 0.311. The van der Waals surface area contributed by atoms with Gasteiger partial charge in [0.2, 0.25) is 0 Å². The molecular weight excluding hydrogens is 494 g/mol. The molecule has 0 amide bonds. The van der Waals surface area contributed by atoms with Gasteiger partial charge in [0, 0.05) is 11.3 Å². The molecule has 4 rings (SSSR count). The van der Waals surface area contributed by atoms with E-state index in [-0.39, 0.29) is 38.2 Å². The minimum absolute atomic E-state index is 0.0797. The second kappa shape index (κ2) is 9.79. The van der Waals surface area contributed by atoms with Gasteiger partial charge in [-0.2, -0.15) is 0 Å². The number of allylic oxidation sites excluding steroid dienone is 1. The van der Waals surface area contributed by atoms with Crippen molar-refractivity contribution in [1.82, 2.24) is 4.98 Å². The fourth-order valence-corrected chi connectivity index (χ4v) is 5.92. The predicted molar refractivity (Wildman–Crippen MR) is 127 cm³/mol. The van der Waals surface area contributed by atoms with Gasteiger partial charge >= 0.3 is 0 Å². The van der Waals surface area contributed by atoms with Crippen molar-refractivity contribution in [3.8, 4) is 5.75 Å². The smallest absolute Gasteiger partial charge is 0.263 e. The van der Waals surface area contributed by atoms with Gasteiger partial charge in [0.05, 0.1) is 27.1 Å². The van der Waals surface area contributed by atoms with E-state index in [2.05, 4.69) is 15.8 Å². The minimum Gasteiger partial charge on any atom is -0.490 e. The molecule has 2 aromatic carbocycles. The second-order valence-corrected chi connectivity index (χ2v) is 10.5. The van der Waals surface area contributed by atoms with E-state index in [0.717, 1.165) is 30.4 Å². The van der Waals surface area contributed by atoms with Crippen LogP contribution in [-0.2, 0) is 10.0 Å². The van der Waals surface area contributed by atoms with Crippen LogP contribution in [0, 0.1) is 11.7 Å². The van der Waals surface area contributed by atoms with Crippen molar-refractivity contribution in [3.63, 3.8) is 0 Å². The Balaban J connectivity index is 1.51. The van der Waals surface area contributed by atoms with Crippen molar-refractivity contribution >= 4 is 56.0 Å². The Morgan fingerprint density at radius 2 is 1.91 bits per heavy atom. The van der Waals surface area contributed by atoms with E-state index in [1.807, 2.05) is 0 Å². The molecule has 1 aliphatic carbocycles. The highest BCUT2D eigenvalue weighted by atomic mass is 35.5. The van der Waals surface area contributed by atoms with E-state index < -0.39 is 10.0 Å². The Labute approximate surface area is 199 Å². The number of thiazole rings is 1. The van der Waals surface area contributed by atoms with Crippen molar-refractivity contribution in [2.45, 2.75) is 24.2 Å². The van der Waals surface area contributed by atoms with Crippen LogP contribution in [0.15, 0.2) is 58.3 Å². The zero-order valence-corrected chi connectivity index (χ0v) is 19.9. The van der Waals surface area contributed by atoms with E-state index in [4.69, 9.17) is 27.9 Å². The van der Waals surface area contributed by atoms with Gasteiger partial charge < -0.3 is 4.74 Å². The molecule has 0 fully saturated rings. The van der Waals surface area contributed by atoms with Crippen LogP contribution < -0.4 is 9.46 Å². The molecule has 0 saturated heterocycles. The number of aromatic nitrogens is 1. The summed E-state index contributed by atoms with van der Waals surface area (Å²) < 4.78 is 46.8. The number of hydrogen-bond donors (Lipinski definition) is 1. The number of nitrogens with zero attached hydrogens (tertiary/aromatic N) is 1. The number of rotatable bonds is 7. The number of anilines is 1. The quantitative estimate of drug-likeness (QED) is 0.384. The van der Waals surface area contributed by atoms with Gasteiger partial charge in [0.1, 0.15) is 5.82 Å². The first-order valence-corrected chi connectivity index (χ1v) is 13.0. The lowest BCUT2D eigenvalue weighted by Gasteiger charge is -2.25. The van der Waals surface area contributed by atoms with Gasteiger partial charge in [-0.3, -0.25) is 4.72 Å². The Kier molecular flexibility index (Phi) is 7.05. The van der Waals surface area contributed by atoms with Gasteiger partial charge in [-0.25, -0.2) is 17.8 Å². The molecule has 0 saturated carbocycles. The van der Waals surface area contributed by atoms with E-state index in [1.54, 1.807) is 17.5 Å². The van der Waals surface area contributed by atoms with E-state index in [1.165, 1.54) is 41.1 Å². The maximum atomic E-state index is 13.3. The molecule has 10 heteroatoms. The topological polar surface area (TPSA) is 68.3 Å². The van der Waals surface area contributed by atoms with Crippen LogP contribution in [0.25, 0.3) is 5.57 Å². The highest BCUT2D eigenvalue weighted by Gasteiger charge is 2.23. The highest BCUT2D eigenvalue weighted by Crippen LogP contribution is 2.38. The van der Waals surface area contributed by atoms with Crippen LogP contribution in [0.4, 0.5) is 10.2 Å². The molecule has 3 aromatic rings. The maximum absolute atomic E-state index is 13.3. The molecule has 0 bridgehead atoms. The molecular formula is C22H19Cl2FN2O3S2. The predicted octanol–water partition coefficient (Wildman–Crippen LogP) is 6.65. The Morgan fingerprint density at radius 1 is 1.19 bits per heavy atom. The van der Waals surface area contributed by atoms with E-state index >= 15 is 0 Å². The van der Waals surface area contributed by atoms with Gasteiger partial charge in [0.15, 0.2) is 11.6 Å². The summed E-state index contributed by atoms with van der Waals surface area (Å²) in [6.07, 6.45) is 5.01. The van der Waals surface area contributed by atoms with Crippen molar-refractivity contribution in [1.29, 1.82) is 0 Å². The summed E-state index contributed by atoms with van der Waals surface area (Å²) in [6, 6.07) is 9.00. The molecule has 1 atom stereocenters. The van der Waals surface area contributed by atoms with Crippen LogP contribution in [0.5, 0.6) is 5.75 Å². The van der Waals surface area contributed by atoms with Gasteiger partial charge in [0.25, 0.3) is 10.0 Å². The summed E-state index contributed by atoms with van der Waals surface area (Å²) in [7, 11) is -3.90. The SMILES string of the molecule is O=S(=O)(Nc1cscn1)c1cc(Cl)c(OCC2CCCC=C2c2ccc(F)cc2)c(Cl)c1. The lowest BCUT2D eigenvalue weighted by Crippen LogP contribution is -2.17. The van der Waals surface area contributed by atoms with E-state index in [9.17, 15) is 12.8 Å². The summed E-state index contributed by atoms with van der Waals surface area (Å²) in [5.41, 5.74) is 3.57. The Morgan fingerprint density at radius 3 is 2.56 bits per heavy atom. The first kappa shape index (κ1) is 23.0. The number of halogens is 3. The summed E-state index contributed by atoms with van der Waals surface area (Å²) in [4.78, 5) is 3.83. The number of ether oxygens (including phenoxy) is 1. The zero-order valence-electron chi connectivity index (χ0n) is 16.7. The van der Waals surface area contributed by atoms with Gasteiger partial charge in [-0.1, -0.05) is 41.4 Å². The molecule has 1 aromatic heterocycles. The van der Waals surface area contributed by atoms with Crippen molar-refractivity contribution in [2.75, 3.05) is 11.3 Å². The molecule has 0 spiro atoms. The maximum Gasteiger partial charge on any atom is 0.263 e. The number of hydrogen-bond acceptors (Lipinski definition) is 5. The minimum atomic E-state index is -3.90. The molecule has 1 unspecified atom stereocenters. The number of benzene rings is 2. The summed E-state index contributed by atoms with van der Waals surface area (Å²) >= 11 is 13.9. The molecule has 1 aliphatic rings. The third-order valence-electron chi connectivity index (χ3n) is 5.12. The standard InChI is InChI=1S/C22H19Cl2FN2O3S2/c23-19-9-17(32(28,29)27-21-12-31-13-26-21)10-20(24)22(19)30-11-15-3-1-2-4-18(15)14-5-7-16(25)8-6-14/h4-10,12-13,15,27H,1-3,11H2. The van der Waals surface area contributed by atoms with Crippen LogP contribution in [0.3, 0.4) is 0 Å². The van der Waals surface area contributed by atoms with Crippen LogP contribution in [0.2, 0.25) is 10.0 Å². The highest BCUT2D eigenvalue weighted by molar-refractivity contribution is 7.92. The molecule has 5 nitrogen and oxygen atoms in total. The van der Waals surface area contributed by atoms with Crippen molar-refractivity contribution in [2.24, 2.45) is 5.92 Å². The van der Waals surface area contributed by atoms with Crippen LogP contribution in [-0.4, -0.2) is 20.0 Å². The summed E-state index contributed by atoms with van der Waals surface area (Å²) in [5.74, 6) is 0.247. The molecule has 1 heterocycles. The lowest BCUT2D eigenvalue weighted by molar-refractivity contribution is 0.269. The van der Waals surface area contributed by atoms with Crippen molar-refractivity contribution in [3.05, 3.63) is 74.8 Å². The first-order chi connectivity index (χ1) is 15.3. The molecule has 1 N–H and O–H groups in total. The van der Waals surface area contributed by atoms with Gasteiger partial charge in [-0.15, -0.1) is 11.3 Å². The Bertz CT molecular complexity index is 1210. The van der Waals surface area contributed by atoms with Crippen LogP contribution in [0.1, 0.15) is 24.8 Å². The number of nitrogens with one attached hydrogen (secondary N) is 1. The third kappa shape index (κ3) is 5.26. The second-order valence-electron chi connectivity index (χ2n) is 7.30. The normalized spacial score (nSPS) is 16.5. The van der Waals surface area contributed by atoms with E-state index in [0.29, 0.717) is 6.61 Å². The van der Waals surface area contributed by atoms with Crippen molar-refractivity contribution < 1.29 is 17.5 Å². The largest absolute Gasteiger partial charge is 0.490 e. The third-order valence-corrected chi connectivity index (χ3v) is 7.60.